The van der Waals surface area contributed by atoms with Crippen molar-refractivity contribution in [3.05, 3.63) is 0 Å². The Hall–Kier alpha value is -0.130. The lowest BCUT2D eigenvalue weighted by atomic mass is 10.1. The first-order valence-electron chi connectivity index (χ1n) is 4.78. The zero-order valence-corrected chi connectivity index (χ0v) is 10.2. The Morgan fingerprint density at radius 2 is 2.00 bits per heavy atom. The van der Waals surface area contributed by atoms with Gasteiger partial charge in [-0.05, 0) is 26.8 Å². The molecule has 5 heteroatoms. The van der Waals surface area contributed by atoms with Crippen LogP contribution >= 0.6 is 0 Å². The zero-order chi connectivity index (χ0) is 11.2. The van der Waals surface area contributed by atoms with Gasteiger partial charge in [0.05, 0.1) is 6.10 Å². The maximum atomic E-state index is 10.9. The average Bonchev–Trinajstić information content (AvgIpc) is 2.09. The van der Waals surface area contributed by atoms with E-state index in [1.54, 1.807) is 7.11 Å². The average molecular weight is 223 g/mol. The van der Waals surface area contributed by atoms with Crippen molar-refractivity contribution >= 4 is 9.84 Å². The molecule has 0 amide bonds. The van der Waals surface area contributed by atoms with Crippen molar-refractivity contribution in [2.45, 2.75) is 31.9 Å². The smallest absolute Gasteiger partial charge is 0.147 e. The molecule has 0 aromatic heterocycles. The summed E-state index contributed by atoms with van der Waals surface area (Å²) in [5.74, 6) is 0.252. The van der Waals surface area contributed by atoms with Gasteiger partial charge in [-0.3, -0.25) is 0 Å². The molecule has 4 nitrogen and oxygen atoms in total. The minimum absolute atomic E-state index is 0.111. The van der Waals surface area contributed by atoms with Crippen LogP contribution in [0.1, 0.15) is 19.8 Å². The molecule has 0 saturated heterocycles. The molecule has 0 heterocycles. The highest BCUT2D eigenvalue weighted by Crippen LogP contribution is 2.06. The third-order valence-electron chi connectivity index (χ3n) is 2.34. The number of likely N-dealkylation sites (N-methyl/N-ethyl adjacent to an activating group) is 1. The Morgan fingerprint density at radius 3 is 2.36 bits per heavy atom. The Bertz CT molecular complexity index is 238. The van der Waals surface area contributed by atoms with Crippen LogP contribution in [0.15, 0.2) is 0 Å². The van der Waals surface area contributed by atoms with Gasteiger partial charge in [-0.25, -0.2) is 8.42 Å². The second kappa shape index (κ2) is 6.37. The highest BCUT2D eigenvalue weighted by Gasteiger charge is 2.14. The predicted molar refractivity (Wildman–Crippen MR) is 58.3 cm³/mol. The molecule has 0 rings (SSSR count). The Balaban J connectivity index is 3.85. The monoisotopic (exact) mass is 223 g/mol. The summed E-state index contributed by atoms with van der Waals surface area (Å²) in [5, 5.41) is 3.12. The van der Waals surface area contributed by atoms with Gasteiger partial charge in [0.1, 0.15) is 9.84 Å². The molecule has 0 aromatic rings. The molecule has 0 radical (unpaired) electrons. The van der Waals surface area contributed by atoms with Gasteiger partial charge in [-0.15, -0.1) is 0 Å². The topological polar surface area (TPSA) is 55.4 Å². The largest absolute Gasteiger partial charge is 0.380 e. The van der Waals surface area contributed by atoms with Crippen molar-refractivity contribution < 1.29 is 13.2 Å². The first-order valence-corrected chi connectivity index (χ1v) is 6.84. The molecule has 2 unspecified atom stereocenters. The molecule has 0 aliphatic heterocycles. The fourth-order valence-electron chi connectivity index (χ4n) is 1.34. The van der Waals surface area contributed by atoms with Crippen molar-refractivity contribution in [1.29, 1.82) is 0 Å². The van der Waals surface area contributed by atoms with Gasteiger partial charge in [-0.1, -0.05) is 0 Å². The van der Waals surface area contributed by atoms with Crippen molar-refractivity contribution in [2.24, 2.45) is 0 Å². The highest BCUT2D eigenvalue weighted by atomic mass is 32.2. The van der Waals surface area contributed by atoms with Gasteiger partial charge < -0.3 is 10.1 Å². The summed E-state index contributed by atoms with van der Waals surface area (Å²) in [7, 11) is 0.691. The van der Waals surface area contributed by atoms with Crippen LogP contribution in [0.5, 0.6) is 0 Å². The van der Waals surface area contributed by atoms with Gasteiger partial charge in [0, 0.05) is 25.2 Å². The molecule has 0 spiro atoms. The molecule has 0 fully saturated rings. The lowest BCUT2D eigenvalue weighted by Crippen LogP contribution is -2.37. The first-order chi connectivity index (χ1) is 6.40. The second-order valence-electron chi connectivity index (χ2n) is 3.61. The molecular weight excluding hydrogens is 202 g/mol. The van der Waals surface area contributed by atoms with E-state index in [4.69, 9.17) is 4.74 Å². The van der Waals surface area contributed by atoms with Crippen molar-refractivity contribution in [2.75, 3.05) is 26.2 Å². The van der Waals surface area contributed by atoms with Crippen LogP contribution in [0.25, 0.3) is 0 Å². The molecule has 0 bridgehead atoms. The van der Waals surface area contributed by atoms with Gasteiger partial charge in [0.25, 0.3) is 0 Å². The summed E-state index contributed by atoms with van der Waals surface area (Å²) in [4.78, 5) is 0. The van der Waals surface area contributed by atoms with E-state index >= 15 is 0 Å². The third kappa shape index (κ3) is 6.34. The standard InChI is InChI=1S/C9H21NO3S/c1-8(13-3)9(10-2)6-5-7-14(4,11)12/h8-10H,5-7H2,1-4H3. The van der Waals surface area contributed by atoms with Gasteiger partial charge in [-0.2, -0.15) is 0 Å². The van der Waals surface area contributed by atoms with E-state index in [1.165, 1.54) is 6.26 Å². The number of ether oxygens (including phenoxy) is 1. The Labute approximate surface area is 86.9 Å². The number of hydrogen-bond acceptors (Lipinski definition) is 4. The van der Waals surface area contributed by atoms with Crippen LogP contribution in [0.4, 0.5) is 0 Å². The summed E-state index contributed by atoms with van der Waals surface area (Å²) in [6.45, 7) is 1.97. The van der Waals surface area contributed by atoms with Crippen molar-refractivity contribution in [3.8, 4) is 0 Å². The molecule has 0 aromatic carbocycles. The zero-order valence-electron chi connectivity index (χ0n) is 9.41. The second-order valence-corrected chi connectivity index (χ2v) is 5.87. The molecular formula is C9H21NO3S. The van der Waals surface area contributed by atoms with E-state index < -0.39 is 9.84 Å². The van der Waals surface area contributed by atoms with E-state index in [-0.39, 0.29) is 17.9 Å². The number of hydrogen-bond donors (Lipinski definition) is 1. The minimum Gasteiger partial charge on any atom is -0.380 e. The summed E-state index contributed by atoms with van der Waals surface area (Å²) < 4.78 is 27.0. The maximum absolute atomic E-state index is 10.9. The quantitative estimate of drug-likeness (QED) is 0.680. The molecule has 1 N–H and O–H groups in total. The number of rotatable bonds is 7. The summed E-state index contributed by atoms with van der Waals surface area (Å²) in [6, 6.07) is 0.224. The molecule has 2 atom stereocenters. The van der Waals surface area contributed by atoms with Gasteiger partial charge in [0.15, 0.2) is 0 Å². The fraction of sp³-hybridized carbons (Fsp3) is 1.00. The highest BCUT2D eigenvalue weighted by molar-refractivity contribution is 7.90. The molecule has 0 saturated carbocycles. The van der Waals surface area contributed by atoms with Crippen LogP contribution in [-0.2, 0) is 14.6 Å². The minimum atomic E-state index is -2.83. The first kappa shape index (κ1) is 13.9. The molecule has 86 valence electrons. The molecule has 14 heavy (non-hydrogen) atoms. The van der Waals surface area contributed by atoms with Crippen molar-refractivity contribution in [1.82, 2.24) is 5.32 Å². The number of nitrogens with one attached hydrogen (secondary N) is 1. The maximum Gasteiger partial charge on any atom is 0.147 e. The van der Waals surface area contributed by atoms with Gasteiger partial charge >= 0.3 is 0 Å². The van der Waals surface area contributed by atoms with Crippen LogP contribution in [0, 0.1) is 0 Å². The van der Waals surface area contributed by atoms with E-state index in [9.17, 15) is 8.42 Å². The van der Waals surface area contributed by atoms with E-state index in [1.807, 2.05) is 14.0 Å². The van der Waals surface area contributed by atoms with E-state index in [0.29, 0.717) is 6.42 Å². The van der Waals surface area contributed by atoms with Crippen LogP contribution < -0.4 is 5.32 Å². The van der Waals surface area contributed by atoms with Gasteiger partial charge in [0.2, 0.25) is 0 Å². The predicted octanol–water partition coefficient (Wildman–Crippen LogP) is 0.434. The lowest BCUT2D eigenvalue weighted by Gasteiger charge is -2.21. The van der Waals surface area contributed by atoms with Crippen molar-refractivity contribution in [3.63, 3.8) is 0 Å². The Kier molecular flexibility index (Phi) is 6.31. The summed E-state index contributed by atoms with van der Waals surface area (Å²) >= 11 is 0. The Morgan fingerprint density at radius 1 is 1.43 bits per heavy atom. The molecule has 0 aliphatic rings. The van der Waals surface area contributed by atoms with Crippen LogP contribution in [0.2, 0.25) is 0 Å². The lowest BCUT2D eigenvalue weighted by molar-refractivity contribution is 0.0826. The van der Waals surface area contributed by atoms with E-state index in [0.717, 1.165) is 6.42 Å². The number of sulfone groups is 1. The normalized spacial score (nSPS) is 16.6. The third-order valence-corrected chi connectivity index (χ3v) is 3.37. The summed E-state index contributed by atoms with van der Waals surface area (Å²) in [5.41, 5.74) is 0. The summed E-state index contributed by atoms with van der Waals surface area (Å²) in [6.07, 6.45) is 2.87. The van der Waals surface area contributed by atoms with Crippen LogP contribution in [-0.4, -0.2) is 46.7 Å². The van der Waals surface area contributed by atoms with Crippen LogP contribution in [0.3, 0.4) is 0 Å². The number of methoxy groups -OCH3 is 1. The SMILES string of the molecule is CNC(CCCS(C)(=O)=O)C(C)OC. The molecule has 0 aliphatic carbocycles. The van der Waals surface area contributed by atoms with E-state index in [2.05, 4.69) is 5.32 Å². The fourth-order valence-corrected chi connectivity index (χ4v) is 2.03.